The van der Waals surface area contributed by atoms with Gasteiger partial charge in [-0.2, -0.15) is 8.42 Å². The number of hydrogen-bond acceptors (Lipinski definition) is 4. The van der Waals surface area contributed by atoms with Gasteiger partial charge in [-0.15, -0.1) is 4.40 Å². The minimum Gasteiger partial charge on any atom is -0.459 e. The number of sulfonamides is 1. The van der Waals surface area contributed by atoms with Crippen LogP contribution in [0.15, 0.2) is 76.0 Å². The van der Waals surface area contributed by atoms with Gasteiger partial charge in [0.2, 0.25) is 5.96 Å². The van der Waals surface area contributed by atoms with E-state index in [0.29, 0.717) is 13.1 Å². The minimum atomic E-state index is -4.01. The van der Waals surface area contributed by atoms with Crippen LogP contribution in [0, 0.1) is 12.8 Å². The third-order valence-corrected chi connectivity index (χ3v) is 7.34. The first kappa shape index (κ1) is 25.0. The molecular weight excluding hydrogens is 462 g/mol. The molecule has 1 heterocycles. The van der Waals surface area contributed by atoms with Crippen LogP contribution in [0.4, 0.5) is 0 Å². The quantitative estimate of drug-likeness (QED) is 0.443. The smallest absolute Gasteiger partial charge is 0.326 e. The number of aryl methyl sites for hydroxylation is 1. The molecule has 186 valence electrons. The maximum Gasteiger partial charge on any atom is 0.326 e. The van der Waals surface area contributed by atoms with Gasteiger partial charge in [-0.3, -0.25) is 4.79 Å². The second-order valence-electron chi connectivity index (χ2n) is 10.2. The van der Waals surface area contributed by atoms with E-state index in [0.717, 1.165) is 17.5 Å². The van der Waals surface area contributed by atoms with Crippen molar-refractivity contribution >= 4 is 22.0 Å². The highest BCUT2D eigenvalue weighted by Crippen LogP contribution is 2.32. The minimum absolute atomic E-state index is 0.00272. The summed E-state index contributed by atoms with van der Waals surface area (Å²) in [5, 5.41) is 0. The lowest BCUT2D eigenvalue weighted by molar-refractivity contribution is -0.155. The van der Waals surface area contributed by atoms with Crippen LogP contribution in [-0.2, 0) is 26.1 Å². The van der Waals surface area contributed by atoms with Gasteiger partial charge in [-0.05, 0) is 51.8 Å². The van der Waals surface area contributed by atoms with Crippen molar-refractivity contribution in [2.75, 3.05) is 13.1 Å². The van der Waals surface area contributed by atoms with Gasteiger partial charge in [0.05, 0.1) is 10.9 Å². The van der Waals surface area contributed by atoms with E-state index in [2.05, 4.69) is 16.5 Å². The predicted molar refractivity (Wildman–Crippen MR) is 136 cm³/mol. The Balaban J connectivity index is 1.76. The van der Waals surface area contributed by atoms with Crippen molar-refractivity contribution in [1.29, 1.82) is 0 Å². The SMILES string of the molecule is Cc1ccc(S(=O)(=O)/N=C2\N(CC(=O)OC(C)(C)C)C[C@@H]3CC=C[C@@H]3N2Cc2ccccc2)cc1. The summed E-state index contributed by atoms with van der Waals surface area (Å²) < 4.78 is 36.7. The molecule has 2 aromatic rings. The molecule has 0 amide bonds. The van der Waals surface area contributed by atoms with Gasteiger partial charge in [0.25, 0.3) is 10.0 Å². The first-order valence-electron chi connectivity index (χ1n) is 11.9. The van der Waals surface area contributed by atoms with Crippen molar-refractivity contribution < 1.29 is 17.9 Å². The van der Waals surface area contributed by atoms with E-state index in [1.54, 1.807) is 29.2 Å². The number of ether oxygens (including phenoxy) is 1. The molecule has 1 saturated heterocycles. The van der Waals surface area contributed by atoms with E-state index in [4.69, 9.17) is 4.74 Å². The maximum absolute atomic E-state index is 13.4. The fraction of sp³-hybridized carbons (Fsp3) is 0.407. The van der Waals surface area contributed by atoms with Crippen LogP contribution in [0.2, 0.25) is 0 Å². The molecule has 7 nitrogen and oxygen atoms in total. The van der Waals surface area contributed by atoms with Crippen molar-refractivity contribution in [3.63, 3.8) is 0 Å². The summed E-state index contributed by atoms with van der Waals surface area (Å²) in [6.45, 7) is 8.27. The molecule has 0 saturated carbocycles. The van der Waals surface area contributed by atoms with Gasteiger partial charge >= 0.3 is 5.97 Å². The number of nitrogens with zero attached hydrogens (tertiary/aromatic N) is 3. The molecule has 2 atom stereocenters. The summed E-state index contributed by atoms with van der Waals surface area (Å²) in [4.78, 5) is 16.7. The van der Waals surface area contributed by atoms with Crippen LogP contribution >= 0.6 is 0 Å². The zero-order valence-corrected chi connectivity index (χ0v) is 21.5. The molecule has 0 aromatic heterocycles. The summed E-state index contributed by atoms with van der Waals surface area (Å²) in [6.07, 6.45) is 5.10. The average molecular weight is 496 g/mol. The zero-order valence-electron chi connectivity index (χ0n) is 20.7. The summed E-state index contributed by atoms with van der Waals surface area (Å²) in [5.74, 6) is 0.0808. The molecule has 1 fully saturated rings. The van der Waals surface area contributed by atoms with Crippen LogP contribution in [0.25, 0.3) is 0 Å². The van der Waals surface area contributed by atoms with Crippen molar-refractivity contribution in [3.8, 4) is 0 Å². The fourth-order valence-corrected chi connectivity index (χ4v) is 5.53. The number of carbonyl (C=O) groups excluding carboxylic acids is 1. The number of fused-ring (bicyclic) bond motifs is 1. The Morgan fingerprint density at radius 2 is 1.77 bits per heavy atom. The van der Waals surface area contributed by atoms with Crippen molar-refractivity contribution in [2.45, 2.75) is 57.2 Å². The van der Waals surface area contributed by atoms with Crippen LogP contribution in [-0.4, -0.2) is 54.9 Å². The Bertz CT molecular complexity index is 1220. The molecule has 8 heteroatoms. The molecule has 2 aromatic carbocycles. The largest absolute Gasteiger partial charge is 0.459 e. The molecule has 0 unspecified atom stereocenters. The lowest BCUT2D eigenvalue weighted by atomic mass is 9.97. The topological polar surface area (TPSA) is 79.3 Å². The number of rotatable bonds is 6. The average Bonchev–Trinajstić information content (AvgIpc) is 3.24. The monoisotopic (exact) mass is 495 g/mol. The normalized spacial score (nSPS) is 21.3. The summed E-state index contributed by atoms with van der Waals surface area (Å²) >= 11 is 0. The number of allylic oxidation sites excluding steroid dienone is 1. The molecule has 0 radical (unpaired) electrons. The number of carbonyl (C=O) groups is 1. The van der Waals surface area contributed by atoms with Crippen molar-refractivity contribution in [3.05, 3.63) is 77.9 Å². The van der Waals surface area contributed by atoms with E-state index in [1.807, 2.05) is 62.9 Å². The lowest BCUT2D eigenvalue weighted by Gasteiger charge is -2.45. The van der Waals surface area contributed by atoms with Crippen LogP contribution in [0.3, 0.4) is 0 Å². The van der Waals surface area contributed by atoms with Gasteiger partial charge in [0, 0.05) is 19.0 Å². The van der Waals surface area contributed by atoms with Crippen molar-refractivity contribution in [1.82, 2.24) is 9.80 Å². The third-order valence-electron chi connectivity index (χ3n) is 6.07. The van der Waals surface area contributed by atoms with E-state index in [1.165, 1.54) is 0 Å². The Morgan fingerprint density at radius 3 is 2.43 bits per heavy atom. The molecule has 0 bridgehead atoms. The highest BCUT2D eigenvalue weighted by Gasteiger charge is 2.41. The predicted octanol–water partition coefficient (Wildman–Crippen LogP) is 4.14. The Hall–Kier alpha value is -3.13. The van der Waals surface area contributed by atoms with Crippen LogP contribution < -0.4 is 0 Å². The second kappa shape index (κ2) is 9.85. The van der Waals surface area contributed by atoms with E-state index < -0.39 is 21.6 Å². The Morgan fingerprint density at radius 1 is 1.09 bits per heavy atom. The molecule has 35 heavy (non-hydrogen) atoms. The van der Waals surface area contributed by atoms with Gasteiger partial charge in [-0.1, -0.05) is 60.2 Å². The standard InChI is InChI=1S/C27H33N3O4S/c1-20-13-15-23(16-14-20)35(32,33)28-26-29(19-25(31)34-27(2,3)4)18-22-11-8-12-24(22)30(26)17-21-9-6-5-7-10-21/h5-10,12-16,22,24H,11,17-19H2,1-4H3/b28-26+/t22-,24-/m0/s1. The number of hydrogen-bond donors (Lipinski definition) is 0. The lowest BCUT2D eigenvalue weighted by Crippen LogP contribution is -2.59. The first-order chi connectivity index (χ1) is 16.5. The van der Waals surface area contributed by atoms with Crippen molar-refractivity contribution in [2.24, 2.45) is 10.3 Å². The molecule has 2 aliphatic rings. The molecule has 4 rings (SSSR count). The van der Waals surface area contributed by atoms with Gasteiger partial charge in [0.15, 0.2) is 0 Å². The molecule has 1 aliphatic heterocycles. The van der Waals surface area contributed by atoms with E-state index in [-0.39, 0.29) is 29.4 Å². The molecular formula is C27H33N3O4S. The van der Waals surface area contributed by atoms with E-state index in [9.17, 15) is 13.2 Å². The van der Waals surface area contributed by atoms with Gasteiger partial charge < -0.3 is 14.5 Å². The number of esters is 1. The number of benzene rings is 2. The third kappa shape index (κ3) is 6.11. The number of guanidine groups is 1. The Kier molecular flexibility index (Phi) is 7.03. The van der Waals surface area contributed by atoms with Crippen LogP contribution in [0.1, 0.15) is 38.3 Å². The highest BCUT2D eigenvalue weighted by molar-refractivity contribution is 7.90. The zero-order chi connectivity index (χ0) is 25.2. The molecule has 0 spiro atoms. The van der Waals surface area contributed by atoms with Gasteiger partial charge in [0.1, 0.15) is 12.1 Å². The summed E-state index contributed by atoms with van der Waals surface area (Å²) in [5.41, 5.74) is 1.36. The Labute approximate surface area is 208 Å². The first-order valence-corrected chi connectivity index (χ1v) is 13.3. The fourth-order valence-electron chi connectivity index (χ4n) is 4.51. The highest BCUT2D eigenvalue weighted by atomic mass is 32.2. The maximum atomic E-state index is 13.4. The van der Waals surface area contributed by atoms with Gasteiger partial charge in [-0.25, -0.2) is 0 Å². The van der Waals surface area contributed by atoms with Crippen LogP contribution in [0.5, 0.6) is 0 Å². The van der Waals surface area contributed by atoms with E-state index >= 15 is 0 Å². The summed E-state index contributed by atoms with van der Waals surface area (Å²) in [6, 6.07) is 16.5. The summed E-state index contributed by atoms with van der Waals surface area (Å²) in [7, 11) is -4.01. The molecule has 0 N–H and O–H groups in total. The molecule has 1 aliphatic carbocycles. The second-order valence-corrected chi connectivity index (χ2v) is 11.8.